The second-order valence-electron chi connectivity index (χ2n) is 6.29. The maximum absolute atomic E-state index is 13.5. The van der Waals surface area contributed by atoms with Crippen molar-refractivity contribution in [1.82, 2.24) is 5.32 Å². The van der Waals surface area contributed by atoms with Crippen LogP contribution in [0.25, 0.3) is 11.1 Å². The quantitative estimate of drug-likeness (QED) is 0.615. The first kappa shape index (κ1) is 20.1. The van der Waals surface area contributed by atoms with E-state index in [9.17, 15) is 22.8 Å². The summed E-state index contributed by atoms with van der Waals surface area (Å²) in [5.74, 6) is -5.69. The lowest BCUT2D eigenvalue weighted by molar-refractivity contribution is -0.123. The lowest BCUT2D eigenvalue weighted by Gasteiger charge is -2.09. The van der Waals surface area contributed by atoms with Crippen molar-refractivity contribution < 1.29 is 22.8 Å². The van der Waals surface area contributed by atoms with Gasteiger partial charge in [0.1, 0.15) is 0 Å². The number of hydrogen-bond donors (Lipinski definition) is 2. The molecule has 0 radical (unpaired) electrons. The van der Waals surface area contributed by atoms with Crippen molar-refractivity contribution in [2.45, 2.75) is 6.42 Å². The van der Waals surface area contributed by atoms with Crippen molar-refractivity contribution in [3.05, 3.63) is 89.7 Å². The molecule has 0 spiro atoms. The molecule has 0 heterocycles. The Morgan fingerprint density at radius 3 is 2.07 bits per heavy atom. The first-order chi connectivity index (χ1) is 13.9. The van der Waals surface area contributed by atoms with Crippen LogP contribution in [0.4, 0.5) is 18.9 Å². The topological polar surface area (TPSA) is 58.2 Å². The van der Waals surface area contributed by atoms with E-state index in [-0.39, 0.29) is 6.42 Å². The molecular formula is C22H17F3N2O2. The number of halogens is 3. The molecular weight excluding hydrogens is 381 g/mol. The fourth-order valence-electron chi connectivity index (χ4n) is 2.69. The van der Waals surface area contributed by atoms with Crippen molar-refractivity contribution in [2.75, 3.05) is 11.9 Å². The molecule has 0 aromatic heterocycles. The average molecular weight is 398 g/mol. The van der Waals surface area contributed by atoms with Gasteiger partial charge in [-0.05, 0) is 28.8 Å². The number of anilines is 1. The highest BCUT2D eigenvalue weighted by molar-refractivity contribution is 5.94. The fourth-order valence-corrected chi connectivity index (χ4v) is 2.69. The van der Waals surface area contributed by atoms with Crippen LogP contribution in [0, 0.1) is 17.5 Å². The normalized spacial score (nSPS) is 10.4. The van der Waals surface area contributed by atoms with E-state index in [1.807, 2.05) is 54.6 Å². The molecule has 0 fully saturated rings. The minimum absolute atomic E-state index is 0.0574. The fraction of sp³-hybridized carbons (Fsp3) is 0.0909. The van der Waals surface area contributed by atoms with E-state index in [0.717, 1.165) is 22.8 Å². The van der Waals surface area contributed by atoms with Crippen LogP contribution in [0.3, 0.4) is 0 Å². The third kappa shape index (κ3) is 5.22. The molecule has 2 amide bonds. The first-order valence-electron chi connectivity index (χ1n) is 8.78. The summed E-state index contributed by atoms with van der Waals surface area (Å²) >= 11 is 0. The van der Waals surface area contributed by atoms with E-state index in [1.165, 1.54) is 0 Å². The minimum atomic E-state index is -1.68. The Kier molecular flexibility index (Phi) is 6.29. The van der Waals surface area contributed by atoms with Crippen LogP contribution in [0.15, 0.2) is 66.7 Å². The SMILES string of the molecule is O=C(Cc1ccc(-c2ccccc2)cc1)NCC(=O)Nc1ccc(F)c(F)c1F. The van der Waals surface area contributed by atoms with E-state index in [4.69, 9.17) is 0 Å². The largest absolute Gasteiger partial charge is 0.347 e. The molecule has 3 aromatic carbocycles. The minimum Gasteiger partial charge on any atom is -0.347 e. The van der Waals surface area contributed by atoms with Crippen molar-refractivity contribution in [2.24, 2.45) is 0 Å². The molecule has 3 rings (SSSR count). The Morgan fingerprint density at radius 2 is 1.38 bits per heavy atom. The molecule has 4 nitrogen and oxygen atoms in total. The molecule has 0 bridgehead atoms. The van der Waals surface area contributed by atoms with Gasteiger partial charge < -0.3 is 10.6 Å². The zero-order valence-electron chi connectivity index (χ0n) is 15.2. The van der Waals surface area contributed by atoms with Crippen LogP contribution in [0.5, 0.6) is 0 Å². The van der Waals surface area contributed by atoms with Gasteiger partial charge in [0, 0.05) is 0 Å². The average Bonchev–Trinajstić information content (AvgIpc) is 2.74. The Balaban J connectivity index is 1.51. The highest BCUT2D eigenvalue weighted by Gasteiger charge is 2.15. The summed E-state index contributed by atoms with van der Waals surface area (Å²) in [4.78, 5) is 23.8. The molecule has 0 aliphatic carbocycles. The lowest BCUT2D eigenvalue weighted by Crippen LogP contribution is -2.34. The number of hydrogen-bond acceptors (Lipinski definition) is 2. The number of benzene rings is 3. The summed E-state index contributed by atoms with van der Waals surface area (Å²) in [5.41, 5.74) is 2.33. The summed E-state index contributed by atoms with van der Waals surface area (Å²) in [6.07, 6.45) is 0.0574. The number of amides is 2. The second-order valence-corrected chi connectivity index (χ2v) is 6.29. The van der Waals surface area contributed by atoms with Gasteiger partial charge in [0.25, 0.3) is 0 Å². The van der Waals surface area contributed by atoms with Crippen molar-refractivity contribution in [3.63, 3.8) is 0 Å². The van der Waals surface area contributed by atoms with Crippen LogP contribution in [0.2, 0.25) is 0 Å². The summed E-state index contributed by atoms with van der Waals surface area (Å²) in [7, 11) is 0. The Labute approximate surface area is 165 Å². The molecule has 2 N–H and O–H groups in total. The summed E-state index contributed by atoms with van der Waals surface area (Å²) in [6.45, 7) is -0.431. The summed E-state index contributed by atoms with van der Waals surface area (Å²) < 4.78 is 39.6. The van der Waals surface area contributed by atoms with Crippen LogP contribution in [-0.4, -0.2) is 18.4 Å². The van der Waals surface area contributed by atoms with Gasteiger partial charge in [0.05, 0.1) is 18.7 Å². The smallest absolute Gasteiger partial charge is 0.243 e. The predicted octanol–water partition coefficient (Wildman–Crippen LogP) is 4.07. The van der Waals surface area contributed by atoms with Gasteiger partial charge >= 0.3 is 0 Å². The highest BCUT2D eigenvalue weighted by Crippen LogP contribution is 2.20. The number of rotatable bonds is 6. The third-order valence-corrected chi connectivity index (χ3v) is 4.18. The Morgan fingerprint density at radius 1 is 0.724 bits per heavy atom. The molecule has 148 valence electrons. The number of nitrogens with one attached hydrogen (secondary N) is 2. The van der Waals surface area contributed by atoms with Crippen molar-refractivity contribution in [3.8, 4) is 11.1 Å². The van der Waals surface area contributed by atoms with Crippen LogP contribution >= 0.6 is 0 Å². The van der Waals surface area contributed by atoms with E-state index in [2.05, 4.69) is 10.6 Å². The zero-order chi connectivity index (χ0) is 20.8. The van der Waals surface area contributed by atoms with Gasteiger partial charge in [-0.25, -0.2) is 13.2 Å². The van der Waals surface area contributed by atoms with Crippen molar-refractivity contribution in [1.29, 1.82) is 0 Å². The Hall–Kier alpha value is -3.61. The van der Waals surface area contributed by atoms with Gasteiger partial charge in [-0.15, -0.1) is 0 Å². The summed E-state index contributed by atoms with van der Waals surface area (Å²) in [5, 5.41) is 4.49. The molecule has 7 heteroatoms. The molecule has 0 saturated carbocycles. The second kappa shape index (κ2) is 9.05. The standard InChI is InChI=1S/C22H17F3N2O2/c23-17-10-11-18(22(25)21(17)24)27-20(29)13-26-19(28)12-14-6-8-16(9-7-14)15-4-2-1-3-5-15/h1-11H,12-13H2,(H,26,28)(H,27,29). The van der Waals surface area contributed by atoms with Gasteiger partial charge in [-0.3, -0.25) is 9.59 Å². The molecule has 29 heavy (non-hydrogen) atoms. The third-order valence-electron chi connectivity index (χ3n) is 4.18. The predicted molar refractivity (Wildman–Crippen MR) is 104 cm³/mol. The summed E-state index contributed by atoms with van der Waals surface area (Å²) in [6, 6.07) is 18.8. The van der Waals surface area contributed by atoms with E-state index < -0.39 is 41.5 Å². The first-order valence-corrected chi connectivity index (χ1v) is 8.78. The van der Waals surface area contributed by atoms with Crippen molar-refractivity contribution >= 4 is 17.5 Å². The number of carbonyl (C=O) groups excluding carboxylic acids is 2. The molecule has 0 atom stereocenters. The maximum atomic E-state index is 13.5. The van der Waals surface area contributed by atoms with E-state index >= 15 is 0 Å². The van der Waals surface area contributed by atoms with Crippen LogP contribution in [0.1, 0.15) is 5.56 Å². The highest BCUT2D eigenvalue weighted by atomic mass is 19.2. The van der Waals surface area contributed by atoms with Gasteiger partial charge in [0.15, 0.2) is 17.5 Å². The Bertz CT molecular complexity index is 1020. The van der Waals surface area contributed by atoms with Crippen LogP contribution < -0.4 is 10.6 Å². The van der Waals surface area contributed by atoms with Gasteiger partial charge in [-0.1, -0.05) is 54.6 Å². The maximum Gasteiger partial charge on any atom is 0.243 e. The molecule has 0 aliphatic heterocycles. The monoisotopic (exact) mass is 398 g/mol. The molecule has 0 aliphatic rings. The molecule has 3 aromatic rings. The lowest BCUT2D eigenvalue weighted by atomic mass is 10.0. The zero-order valence-corrected chi connectivity index (χ0v) is 15.2. The molecule has 0 unspecified atom stereocenters. The van der Waals surface area contributed by atoms with Gasteiger partial charge in [0.2, 0.25) is 11.8 Å². The molecule has 0 saturated heterocycles. The van der Waals surface area contributed by atoms with E-state index in [1.54, 1.807) is 0 Å². The van der Waals surface area contributed by atoms with Crippen LogP contribution in [-0.2, 0) is 16.0 Å². The van der Waals surface area contributed by atoms with E-state index in [0.29, 0.717) is 6.07 Å². The van der Waals surface area contributed by atoms with Gasteiger partial charge in [-0.2, -0.15) is 0 Å². The number of carbonyl (C=O) groups is 2.